The number of nitrogens with one attached hydrogen (secondary N) is 1. The summed E-state index contributed by atoms with van der Waals surface area (Å²) in [5.41, 5.74) is 5.29. The van der Waals surface area contributed by atoms with Gasteiger partial charge in [-0.15, -0.1) is 0 Å². The number of para-hydroxylation sites is 1. The minimum Gasteiger partial charge on any atom is -0.339 e. The summed E-state index contributed by atoms with van der Waals surface area (Å²) < 4.78 is 29.5. The number of piperidine rings is 1. The lowest BCUT2D eigenvalue weighted by molar-refractivity contribution is 0.0725. The molecule has 1 aliphatic heterocycles. The lowest BCUT2D eigenvalue weighted by atomic mass is 9.95. The number of hydrogen-bond donors (Lipinski definition) is 1. The molecule has 29 heavy (non-hydrogen) atoms. The number of carbonyl (C=O) groups is 1. The van der Waals surface area contributed by atoms with Crippen LogP contribution in [0, 0.1) is 34.6 Å². The van der Waals surface area contributed by atoms with E-state index in [0.29, 0.717) is 29.2 Å². The van der Waals surface area contributed by atoms with E-state index in [-0.39, 0.29) is 5.91 Å². The minimum atomic E-state index is -3.84. The molecule has 0 bridgehead atoms. The Morgan fingerprint density at radius 1 is 0.828 bits per heavy atom. The summed E-state index contributed by atoms with van der Waals surface area (Å²) in [6.45, 7) is 11.0. The minimum absolute atomic E-state index is 0.118. The van der Waals surface area contributed by atoms with E-state index < -0.39 is 10.0 Å². The van der Waals surface area contributed by atoms with E-state index in [1.54, 1.807) is 24.3 Å². The first kappa shape index (κ1) is 21.4. The van der Waals surface area contributed by atoms with Crippen molar-refractivity contribution < 1.29 is 13.2 Å². The zero-order valence-electron chi connectivity index (χ0n) is 17.9. The second-order valence-electron chi connectivity index (χ2n) is 7.96. The number of hydrogen-bond acceptors (Lipinski definition) is 3. The van der Waals surface area contributed by atoms with Crippen LogP contribution in [-0.2, 0) is 10.0 Å². The number of carbonyl (C=O) groups excluding carboxylic acids is 1. The van der Waals surface area contributed by atoms with Gasteiger partial charge in [0, 0.05) is 13.1 Å². The highest BCUT2D eigenvalue weighted by Gasteiger charge is 2.26. The van der Waals surface area contributed by atoms with E-state index in [0.717, 1.165) is 47.1 Å². The number of likely N-dealkylation sites (tertiary alicyclic amines) is 1. The maximum Gasteiger partial charge on any atom is 0.262 e. The molecular weight excluding hydrogens is 384 g/mol. The molecule has 1 N–H and O–H groups in total. The van der Waals surface area contributed by atoms with Crippen molar-refractivity contribution in [1.29, 1.82) is 0 Å². The van der Waals surface area contributed by atoms with Crippen molar-refractivity contribution in [3.63, 3.8) is 0 Å². The standard InChI is InChI=1S/C23H30N2O3S/c1-15-16(2)18(4)22(19(5)17(15)3)29(27,28)24-21-12-8-7-11-20(21)23(26)25-13-9-6-10-14-25/h7-8,11-12,24H,6,9-10,13-14H2,1-5H3. The van der Waals surface area contributed by atoms with E-state index in [4.69, 9.17) is 0 Å². The third-order valence-corrected chi connectivity index (χ3v) is 7.88. The predicted octanol–water partition coefficient (Wildman–Crippen LogP) is 4.66. The number of nitrogens with zero attached hydrogens (tertiary/aromatic N) is 1. The highest BCUT2D eigenvalue weighted by molar-refractivity contribution is 7.92. The van der Waals surface area contributed by atoms with Crippen molar-refractivity contribution in [1.82, 2.24) is 4.90 Å². The van der Waals surface area contributed by atoms with Gasteiger partial charge in [-0.2, -0.15) is 0 Å². The molecule has 1 heterocycles. The van der Waals surface area contributed by atoms with Gasteiger partial charge in [0.15, 0.2) is 0 Å². The number of sulfonamides is 1. The Morgan fingerprint density at radius 3 is 1.93 bits per heavy atom. The van der Waals surface area contributed by atoms with E-state index in [1.165, 1.54) is 0 Å². The summed E-state index contributed by atoms with van der Waals surface area (Å²) in [6.07, 6.45) is 3.10. The van der Waals surface area contributed by atoms with E-state index in [1.807, 2.05) is 39.5 Å². The molecule has 2 aromatic rings. The summed E-state index contributed by atoms with van der Waals surface area (Å²) in [5.74, 6) is -0.118. The molecule has 1 saturated heterocycles. The highest BCUT2D eigenvalue weighted by atomic mass is 32.2. The predicted molar refractivity (Wildman–Crippen MR) is 117 cm³/mol. The molecule has 0 spiro atoms. The van der Waals surface area contributed by atoms with Crippen LogP contribution in [0.3, 0.4) is 0 Å². The van der Waals surface area contributed by atoms with Crippen LogP contribution in [0.5, 0.6) is 0 Å². The van der Waals surface area contributed by atoms with Crippen LogP contribution >= 0.6 is 0 Å². The largest absolute Gasteiger partial charge is 0.339 e. The molecule has 0 atom stereocenters. The fraction of sp³-hybridized carbons (Fsp3) is 0.435. The Morgan fingerprint density at radius 2 is 1.34 bits per heavy atom. The van der Waals surface area contributed by atoms with Gasteiger partial charge in [-0.05, 0) is 93.8 Å². The molecule has 5 nitrogen and oxygen atoms in total. The SMILES string of the molecule is Cc1c(C)c(C)c(S(=O)(=O)Nc2ccccc2C(=O)N2CCCCC2)c(C)c1C. The van der Waals surface area contributed by atoms with Gasteiger partial charge in [0.2, 0.25) is 0 Å². The van der Waals surface area contributed by atoms with Crippen LogP contribution in [0.1, 0.15) is 57.4 Å². The third-order valence-electron chi connectivity index (χ3n) is 6.24. The average molecular weight is 415 g/mol. The number of benzene rings is 2. The van der Waals surface area contributed by atoms with Crippen molar-refractivity contribution in [3.8, 4) is 0 Å². The van der Waals surface area contributed by atoms with Gasteiger partial charge in [-0.1, -0.05) is 12.1 Å². The Labute approximate surface area is 174 Å². The van der Waals surface area contributed by atoms with Crippen molar-refractivity contribution in [2.75, 3.05) is 17.8 Å². The van der Waals surface area contributed by atoms with Gasteiger partial charge in [-0.25, -0.2) is 8.42 Å². The highest BCUT2D eigenvalue weighted by Crippen LogP contribution is 2.31. The third kappa shape index (κ3) is 4.04. The fourth-order valence-electron chi connectivity index (χ4n) is 4.09. The van der Waals surface area contributed by atoms with Crippen LogP contribution in [0.4, 0.5) is 5.69 Å². The molecule has 1 amide bonds. The summed E-state index contributed by atoms with van der Waals surface area (Å²) in [4.78, 5) is 15.1. The number of amides is 1. The second kappa shape index (κ2) is 8.19. The van der Waals surface area contributed by atoms with Crippen LogP contribution in [0.25, 0.3) is 0 Å². The van der Waals surface area contributed by atoms with E-state index in [2.05, 4.69) is 4.72 Å². The molecule has 0 aromatic heterocycles. The van der Waals surface area contributed by atoms with Gasteiger partial charge < -0.3 is 4.90 Å². The Balaban J connectivity index is 2.02. The normalized spacial score (nSPS) is 14.7. The van der Waals surface area contributed by atoms with Gasteiger partial charge in [0.25, 0.3) is 15.9 Å². The van der Waals surface area contributed by atoms with Gasteiger partial charge in [-0.3, -0.25) is 9.52 Å². The lowest BCUT2D eigenvalue weighted by Gasteiger charge is -2.27. The molecule has 2 aromatic carbocycles. The van der Waals surface area contributed by atoms with Crippen LogP contribution in [0.2, 0.25) is 0 Å². The molecule has 0 saturated carbocycles. The summed E-state index contributed by atoms with van der Waals surface area (Å²) in [5, 5.41) is 0. The van der Waals surface area contributed by atoms with Crippen LogP contribution in [0.15, 0.2) is 29.2 Å². The van der Waals surface area contributed by atoms with Gasteiger partial charge >= 0.3 is 0 Å². The molecule has 0 radical (unpaired) electrons. The Bertz CT molecular complexity index is 1020. The smallest absolute Gasteiger partial charge is 0.262 e. The summed E-state index contributed by atoms with van der Waals surface area (Å²) in [6, 6.07) is 6.87. The topological polar surface area (TPSA) is 66.5 Å². The zero-order valence-corrected chi connectivity index (χ0v) is 18.7. The lowest BCUT2D eigenvalue weighted by Crippen LogP contribution is -2.36. The fourth-order valence-corrected chi connectivity index (χ4v) is 5.77. The van der Waals surface area contributed by atoms with E-state index >= 15 is 0 Å². The average Bonchev–Trinajstić information content (AvgIpc) is 2.71. The number of rotatable bonds is 4. The Hall–Kier alpha value is -2.34. The zero-order chi connectivity index (χ0) is 21.3. The Kier molecular flexibility index (Phi) is 6.03. The molecular formula is C23H30N2O3S. The summed E-state index contributed by atoms with van der Waals surface area (Å²) >= 11 is 0. The molecule has 0 unspecified atom stereocenters. The maximum atomic E-state index is 13.4. The summed E-state index contributed by atoms with van der Waals surface area (Å²) in [7, 11) is -3.84. The van der Waals surface area contributed by atoms with Crippen LogP contribution in [-0.4, -0.2) is 32.3 Å². The first-order valence-electron chi connectivity index (χ1n) is 10.1. The van der Waals surface area contributed by atoms with Crippen molar-refractivity contribution in [2.24, 2.45) is 0 Å². The van der Waals surface area contributed by atoms with Crippen molar-refractivity contribution in [3.05, 3.63) is 57.6 Å². The second-order valence-corrected chi connectivity index (χ2v) is 9.58. The monoisotopic (exact) mass is 414 g/mol. The molecule has 1 aliphatic rings. The van der Waals surface area contributed by atoms with Gasteiger partial charge in [0.05, 0.1) is 16.1 Å². The molecule has 1 fully saturated rings. The quantitative estimate of drug-likeness (QED) is 0.791. The maximum absolute atomic E-state index is 13.4. The van der Waals surface area contributed by atoms with Crippen molar-refractivity contribution in [2.45, 2.75) is 58.8 Å². The molecule has 6 heteroatoms. The van der Waals surface area contributed by atoms with Crippen LogP contribution < -0.4 is 4.72 Å². The number of anilines is 1. The first-order valence-corrected chi connectivity index (χ1v) is 11.6. The molecule has 156 valence electrons. The van der Waals surface area contributed by atoms with Gasteiger partial charge in [0.1, 0.15) is 0 Å². The molecule has 0 aliphatic carbocycles. The van der Waals surface area contributed by atoms with Crippen molar-refractivity contribution >= 4 is 21.6 Å². The first-order chi connectivity index (χ1) is 13.6. The van der Waals surface area contributed by atoms with E-state index in [9.17, 15) is 13.2 Å². The molecule has 3 rings (SSSR count).